The number of alkyl halides is 3. The van der Waals surface area contributed by atoms with Gasteiger partial charge in [-0.05, 0) is 19.1 Å². The molecule has 1 atom stereocenters. The summed E-state index contributed by atoms with van der Waals surface area (Å²) in [4.78, 5) is 5.39. The van der Waals surface area contributed by atoms with Crippen molar-refractivity contribution in [2.75, 3.05) is 6.61 Å². The highest BCUT2D eigenvalue weighted by Gasteiger charge is 2.30. The van der Waals surface area contributed by atoms with Gasteiger partial charge in [0.25, 0.3) is 0 Å². The molecule has 6 heteroatoms. The first-order valence-electron chi connectivity index (χ1n) is 6.08. The van der Waals surface area contributed by atoms with Gasteiger partial charge in [-0.3, -0.25) is 0 Å². The molecule has 0 unspecified atom stereocenters. The van der Waals surface area contributed by atoms with Crippen LogP contribution >= 0.6 is 11.3 Å². The van der Waals surface area contributed by atoms with Crippen molar-refractivity contribution in [2.24, 2.45) is 0 Å². The molecule has 20 heavy (non-hydrogen) atoms. The van der Waals surface area contributed by atoms with Gasteiger partial charge in [-0.15, -0.1) is 11.3 Å². The largest absolute Gasteiger partial charge is 0.416 e. The normalized spacial score (nSPS) is 13.5. The average molecular weight is 301 g/mol. The zero-order valence-corrected chi connectivity index (χ0v) is 11.8. The summed E-state index contributed by atoms with van der Waals surface area (Å²) in [6.45, 7) is 3.75. The summed E-state index contributed by atoms with van der Waals surface area (Å²) in [5, 5.41) is 9.83. The number of hydrogen-bond acceptors (Lipinski definition) is 3. The Morgan fingerprint density at radius 3 is 2.35 bits per heavy atom. The molecular formula is C14H14F3NOS. The minimum absolute atomic E-state index is 0.00295. The topological polar surface area (TPSA) is 33.1 Å². The summed E-state index contributed by atoms with van der Waals surface area (Å²) >= 11 is 1.42. The van der Waals surface area contributed by atoms with Crippen LogP contribution < -0.4 is 0 Å². The molecule has 1 aromatic heterocycles. The molecule has 2 aromatic rings. The van der Waals surface area contributed by atoms with Crippen LogP contribution in [0.2, 0.25) is 0 Å². The third kappa shape index (κ3) is 3.02. The number of hydrogen-bond donors (Lipinski definition) is 1. The monoisotopic (exact) mass is 301 g/mol. The fourth-order valence-electron chi connectivity index (χ4n) is 1.88. The van der Waals surface area contributed by atoms with Crippen LogP contribution in [0.3, 0.4) is 0 Å². The lowest BCUT2D eigenvalue weighted by atomic mass is 10.1. The van der Waals surface area contributed by atoms with E-state index in [4.69, 9.17) is 5.11 Å². The van der Waals surface area contributed by atoms with Crippen molar-refractivity contribution >= 4 is 11.3 Å². The number of aliphatic hydroxyl groups excluding tert-OH is 1. The third-order valence-electron chi connectivity index (χ3n) is 3.03. The fraction of sp³-hybridized carbons (Fsp3) is 0.357. The van der Waals surface area contributed by atoms with E-state index in [0.717, 1.165) is 22.7 Å². The molecule has 1 heterocycles. The van der Waals surface area contributed by atoms with E-state index >= 15 is 0 Å². The van der Waals surface area contributed by atoms with Crippen molar-refractivity contribution in [3.63, 3.8) is 0 Å². The highest BCUT2D eigenvalue weighted by molar-refractivity contribution is 7.15. The number of aliphatic hydroxyl groups is 1. The van der Waals surface area contributed by atoms with Gasteiger partial charge in [0, 0.05) is 16.4 Å². The van der Waals surface area contributed by atoms with Gasteiger partial charge in [-0.2, -0.15) is 13.2 Å². The van der Waals surface area contributed by atoms with E-state index in [2.05, 4.69) is 4.98 Å². The number of benzene rings is 1. The van der Waals surface area contributed by atoms with E-state index in [1.807, 2.05) is 13.8 Å². The third-order valence-corrected chi connectivity index (χ3v) is 4.07. The van der Waals surface area contributed by atoms with E-state index in [1.54, 1.807) is 0 Å². The standard InChI is InChI=1S/C14H14F3NOS/c1-8(7-19)12-9(2)20-13(18-12)10-3-5-11(6-4-10)14(15,16)17/h3-6,8,19H,7H2,1-2H3/t8-/m0/s1. The first-order chi connectivity index (χ1) is 9.32. The van der Waals surface area contributed by atoms with Gasteiger partial charge in [-0.1, -0.05) is 19.1 Å². The zero-order chi connectivity index (χ0) is 14.9. The fourth-order valence-corrected chi connectivity index (χ4v) is 2.92. The van der Waals surface area contributed by atoms with Crippen LogP contribution in [0.5, 0.6) is 0 Å². The molecule has 0 aliphatic heterocycles. The molecule has 0 radical (unpaired) electrons. The minimum Gasteiger partial charge on any atom is -0.396 e. The van der Waals surface area contributed by atoms with Crippen molar-refractivity contribution in [3.05, 3.63) is 40.4 Å². The number of rotatable bonds is 3. The maximum Gasteiger partial charge on any atom is 0.416 e. The molecule has 0 spiro atoms. The quantitative estimate of drug-likeness (QED) is 0.920. The summed E-state index contributed by atoms with van der Waals surface area (Å²) in [7, 11) is 0. The molecule has 0 fully saturated rings. The van der Waals surface area contributed by atoms with E-state index in [0.29, 0.717) is 10.6 Å². The van der Waals surface area contributed by atoms with Crippen molar-refractivity contribution in [1.29, 1.82) is 0 Å². The number of thiazole rings is 1. The molecule has 2 rings (SSSR count). The highest BCUT2D eigenvalue weighted by atomic mass is 32.1. The molecule has 0 saturated heterocycles. The zero-order valence-electron chi connectivity index (χ0n) is 11.0. The summed E-state index contributed by atoms with van der Waals surface area (Å²) in [5.74, 6) is -0.0746. The second-order valence-electron chi connectivity index (χ2n) is 4.62. The Labute approximate surface area is 118 Å². The predicted octanol–water partition coefficient (Wildman–Crippen LogP) is 4.23. The van der Waals surface area contributed by atoms with Crippen LogP contribution in [0, 0.1) is 6.92 Å². The summed E-state index contributed by atoms with van der Waals surface area (Å²) in [6, 6.07) is 4.96. The molecule has 0 bridgehead atoms. The lowest BCUT2D eigenvalue weighted by Gasteiger charge is -2.06. The molecule has 0 aliphatic carbocycles. The predicted molar refractivity (Wildman–Crippen MR) is 72.8 cm³/mol. The van der Waals surface area contributed by atoms with Crippen molar-refractivity contribution in [3.8, 4) is 10.6 Å². The van der Waals surface area contributed by atoms with Gasteiger partial charge < -0.3 is 5.11 Å². The number of halogens is 3. The molecular weight excluding hydrogens is 287 g/mol. The average Bonchev–Trinajstić information content (AvgIpc) is 2.79. The second-order valence-corrected chi connectivity index (χ2v) is 5.82. The van der Waals surface area contributed by atoms with Gasteiger partial charge in [0.05, 0.1) is 17.9 Å². The molecule has 0 amide bonds. The van der Waals surface area contributed by atoms with E-state index in [9.17, 15) is 13.2 Å². The number of aryl methyl sites for hydroxylation is 1. The highest BCUT2D eigenvalue weighted by Crippen LogP contribution is 2.34. The van der Waals surface area contributed by atoms with Crippen molar-refractivity contribution < 1.29 is 18.3 Å². The Morgan fingerprint density at radius 1 is 1.25 bits per heavy atom. The van der Waals surface area contributed by atoms with Gasteiger partial charge in [0.15, 0.2) is 0 Å². The Bertz CT molecular complexity index is 589. The first-order valence-corrected chi connectivity index (χ1v) is 6.90. The van der Waals surface area contributed by atoms with Crippen LogP contribution in [0.15, 0.2) is 24.3 Å². The van der Waals surface area contributed by atoms with Crippen molar-refractivity contribution in [2.45, 2.75) is 25.9 Å². The van der Waals surface area contributed by atoms with Gasteiger partial charge in [0.2, 0.25) is 0 Å². The first kappa shape index (κ1) is 15.0. The van der Waals surface area contributed by atoms with E-state index in [1.165, 1.54) is 23.5 Å². The van der Waals surface area contributed by atoms with Gasteiger partial charge in [-0.25, -0.2) is 4.98 Å². The number of nitrogens with zero attached hydrogens (tertiary/aromatic N) is 1. The molecule has 0 aliphatic rings. The molecule has 1 aromatic carbocycles. The molecule has 0 saturated carbocycles. The lowest BCUT2D eigenvalue weighted by molar-refractivity contribution is -0.137. The Kier molecular flexibility index (Phi) is 4.15. The van der Waals surface area contributed by atoms with Gasteiger partial charge in [0.1, 0.15) is 5.01 Å². The molecule has 108 valence electrons. The minimum atomic E-state index is -4.33. The molecule has 2 nitrogen and oxygen atoms in total. The van der Waals surface area contributed by atoms with Crippen LogP contribution in [-0.2, 0) is 6.18 Å². The van der Waals surface area contributed by atoms with Crippen LogP contribution in [0.4, 0.5) is 13.2 Å². The lowest BCUT2D eigenvalue weighted by Crippen LogP contribution is -2.04. The Hall–Kier alpha value is -1.40. The maximum atomic E-state index is 12.5. The van der Waals surface area contributed by atoms with Crippen LogP contribution in [-0.4, -0.2) is 16.7 Å². The van der Waals surface area contributed by atoms with Crippen LogP contribution in [0.1, 0.15) is 29.0 Å². The van der Waals surface area contributed by atoms with Crippen LogP contribution in [0.25, 0.3) is 10.6 Å². The number of aromatic nitrogens is 1. The summed E-state index contributed by atoms with van der Waals surface area (Å²) in [5.41, 5.74) is 0.786. The summed E-state index contributed by atoms with van der Waals surface area (Å²) in [6.07, 6.45) is -4.33. The van der Waals surface area contributed by atoms with Gasteiger partial charge >= 0.3 is 6.18 Å². The van der Waals surface area contributed by atoms with E-state index < -0.39 is 11.7 Å². The second kappa shape index (κ2) is 5.54. The Balaban J connectivity index is 2.33. The van der Waals surface area contributed by atoms with E-state index in [-0.39, 0.29) is 12.5 Å². The SMILES string of the molecule is Cc1sc(-c2ccc(C(F)(F)F)cc2)nc1[C@@H](C)CO. The molecule has 1 N–H and O–H groups in total. The maximum absolute atomic E-state index is 12.5. The Morgan fingerprint density at radius 2 is 1.85 bits per heavy atom. The smallest absolute Gasteiger partial charge is 0.396 e. The van der Waals surface area contributed by atoms with Crippen molar-refractivity contribution in [1.82, 2.24) is 4.98 Å². The summed E-state index contributed by atoms with van der Waals surface area (Å²) < 4.78 is 37.5.